The van der Waals surface area contributed by atoms with E-state index >= 15 is 0 Å². The first-order valence-corrected chi connectivity index (χ1v) is 7.48. The van der Waals surface area contributed by atoms with Gasteiger partial charge in [-0.1, -0.05) is 48.5 Å². The summed E-state index contributed by atoms with van der Waals surface area (Å²) >= 11 is 0. The summed E-state index contributed by atoms with van der Waals surface area (Å²) in [5, 5.41) is 0. The molecule has 3 heteroatoms. The van der Waals surface area contributed by atoms with E-state index in [0.717, 1.165) is 22.3 Å². The van der Waals surface area contributed by atoms with Crippen molar-refractivity contribution in [2.24, 2.45) is 5.41 Å². The van der Waals surface area contributed by atoms with Gasteiger partial charge in [0.2, 0.25) is 11.8 Å². The maximum atomic E-state index is 12.6. The Bertz CT molecular complexity index is 789. The zero-order valence-electron chi connectivity index (χ0n) is 12.9. The van der Waals surface area contributed by atoms with E-state index < -0.39 is 11.0 Å². The maximum absolute atomic E-state index is 12.6. The summed E-state index contributed by atoms with van der Waals surface area (Å²) in [6, 6.07) is 16.2. The quantitative estimate of drug-likeness (QED) is 0.698. The second kappa shape index (κ2) is 3.86. The Morgan fingerprint density at radius 1 is 0.909 bits per heavy atom. The molecule has 2 amide bonds. The molecule has 1 heterocycles. The average Bonchev–Trinajstić information content (AvgIpc) is 2.81. The van der Waals surface area contributed by atoms with E-state index in [9.17, 15) is 9.59 Å². The molecule has 1 fully saturated rings. The fraction of sp³-hybridized carbons (Fsp3) is 0.263. The third kappa shape index (κ3) is 1.16. The van der Waals surface area contributed by atoms with Crippen LogP contribution in [-0.4, -0.2) is 16.7 Å². The van der Waals surface area contributed by atoms with Crippen LogP contribution in [0.15, 0.2) is 48.5 Å². The maximum Gasteiger partial charge on any atom is 0.239 e. The standard InChI is InChI=1S/C19H17NO2/c1-12(21)20-17(22)18(2,3)19(20)15-10-6-4-8-13(15)14-9-5-7-11-16(14)19/h4-11H,1-3H3. The van der Waals surface area contributed by atoms with Gasteiger partial charge in [0.1, 0.15) is 5.54 Å². The van der Waals surface area contributed by atoms with Crippen LogP contribution in [0.2, 0.25) is 0 Å². The van der Waals surface area contributed by atoms with Gasteiger partial charge in [-0.25, -0.2) is 0 Å². The van der Waals surface area contributed by atoms with Crippen LogP contribution in [0.3, 0.4) is 0 Å². The van der Waals surface area contributed by atoms with Crippen molar-refractivity contribution in [1.29, 1.82) is 0 Å². The van der Waals surface area contributed by atoms with Gasteiger partial charge in [0, 0.05) is 6.92 Å². The molecule has 0 unspecified atom stereocenters. The summed E-state index contributed by atoms with van der Waals surface area (Å²) in [6.07, 6.45) is 0. The molecular weight excluding hydrogens is 274 g/mol. The molecular formula is C19H17NO2. The molecule has 0 aromatic heterocycles. The van der Waals surface area contributed by atoms with Crippen LogP contribution in [0.1, 0.15) is 31.9 Å². The Morgan fingerprint density at radius 2 is 1.36 bits per heavy atom. The molecule has 1 spiro atoms. The normalized spacial score (nSPS) is 19.6. The summed E-state index contributed by atoms with van der Waals surface area (Å²) in [4.78, 5) is 26.3. The van der Waals surface area contributed by atoms with E-state index in [1.165, 1.54) is 11.8 Å². The van der Waals surface area contributed by atoms with Crippen molar-refractivity contribution in [3.8, 4) is 11.1 Å². The number of likely N-dealkylation sites (tertiary alicyclic amines) is 1. The summed E-state index contributed by atoms with van der Waals surface area (Å²) in [7, 11) is 0. The third-order valence-electron chi connectivity index (χ3n) is 5.22. The molecule has 2 aromatic carbocycles. The average molecular weight is 291 g/mol. The first-order valence-electron chi connectivity index (χ1n) is 7.48. The van der Waals surface area contributed by atoms with E-state index in [2.05, 4.69) is 12.1 Å². The Morgan fingerprint density at radius 3 is 1.82 bits per heavy atom. The van der Waals surface area contributed by atoms with Crippen molar-refractivity contribution in [3.05, 3.63) is 59.7 Å². The zero-order valence-corrected chi connectivity index (χ0v) is 12.9. The van der Waals surface area contributed by atoms with E-state index in [1.54, 1.807) is 0 Å². The van der Waals surface area contributed by atoms with Crippen LogP contribution in [0, 0.1) is 5.41 Å². The van der Waals surface area contributed by atoms with Crippen molar-refractivity contribution in [2.45, 2.75) is 26.3 Å². The largest absolute Gasteiger partial charge is 0.275 e. The summed E-state index contributed by atoms with van der Waals surface area (Å²) in [5.41, 5.74) is 3.02. The van der Waals surface area contributed by atoms with Crippen LogP contribution in [0.4, 0.5) is 0 Å². The highest BCUT2D eigenvalue weighted by Crippen LogP contribution is 2.65. The van der Waals surface area contributed by atoms with Crippen LogP contribution >= 0.6 is 0 Å². The first-order chi connectivity index (χ1) is 10.4. The molecule has 22 heavy (non-hydrogen) atoms. The Labute approximate surface area is 129 Å². The lowest BCUT2D eigenvalue weighted by Crippen LogP contribution is -2.74. The molecule has 110 valence electrons. The van der Waals surface area contributed by atoms with Gasteiger partial charge in [-0.05, 0) is 36.1 Å². The minimum Gasteiger partial charge on any atom is -0.275 e. The number of carbonyl (C=O) groups excluding carboxylic acids is 2. The molecule has 0 saturated carbocycles. The summed E-state index contributed by atoms with van der Waals surface area (Å²) in [6.45, 7) is 5.35. The molecule has 1 saturated heterocycles. The highest BCUT2D eigenvalue weighted by atomic mass is 16.2. The number of rotatable bonds is 0. The monoisotopic (exact) mass is 291 g/mol. The fourth-order valence-electron chi connectivity index (χ4n) is 4.32. The third-order valence-corrected chi connectivity index (χ3v) is 5.22. The van der Waals surface area contributed by atoms with E-state index in [4.69, 9.17) is 0 Å². The molecule has 0 atom stereocenters. The van der Waals surface area contributed by atoms with Crippen molar-refractivity contribution >= 4 is 11.8 Å². The van der Waals surface area contributed by atoms with Crippen LogP contribution in [0.5, 0.6) is 0 Å². The molecule has 3 nitrogen and oxygen atoms in total. The molecule has 2 aliphatic rings. The molecule has 0 bridgehead atoms. The lowest BCUT2D eigenvalue weighted by atomic mass is 9.57. The van der Waals surface area contributed by atoms with Gasteiger partial charge in [0.25, 0.3) is 0 Å². The SMILES string of the molecule is CC(=O)N1C(=O)C(C)(C)C12c1ccccc1-c1ccccc12. The van der Waals surface area contributed by atoms with Gasteiger partial charge in [-0.15, -0.1) is 0 Å². The van der Waals surface area contributed by atoms with Gasteiger partial charge in [-0.3, -0.25) is 14.5 Å². The lowest BCUT2D eigenvalue weighted by Gasteiger charge is -2.60. The van der Waals surface area contributed by atoms with Crippen molar-refractivity contribution in [1.82, 2.24) is 4.90 Å². The smallest absolute Gasteiger partial charge is 0.239 e. The second-order valence-electron chi connectivity index (χ2n) is 6.59. The zero-order chi connectivity index (χ0) is 15.7. The minimum absolute atomic E-state index is 0.105. The van der Waals surface area contributed by atoms with Crippen molar-refractivity contribution < 1.29 is 9.59 Å². The number of hydrogen-bond acceptors (Lipinski definition) is 2. The van der Waals surface area contributed by atoms with Crippen LogP contribution in [0.25, 0.3) is 11.1 Å². The molecule has 0 N–H and O–H groups in total. The van der Waals surface area contributed by atoms with Crippen molar-refractivity contribution in [2.75, 3.05) is 0 Å². The second-order valence-corrected chi connectivity index (χ2v) is 6.59. The molecule has 1 aliphatic heterocycles. The number of nitrogens with zero attached hydrogens (tertiary/aromatic N) is 1. The lowest BCUT2D eigenvalue weighted by molar-refractivity contribution is -0.187. The van der Waals surface area contributed by atoms with Gasteiger partial charge >= 0.3 is 0 Å². The summed E-state index contributed by atoms with van der Waals surface area (Å²) < 4.78 is 0. The van der Waals surface area contributed by atoms with Crippen LogP contribution in [-0.2, 0) is 15.1 Å². The van der Waals surface area contributed by atoms with E-state index in [-0.39, 0.29) is 11.8 Å². The van der Waals surface area contributed by atoms with Gasteiger partial charge < -0.3 is 0 Å². The number of hydrogen-bond donors (Lipinski definition) is 0. The molecule has 4 rings (SSSR count). The topological polar surface area (TPSA) is 37.4 Å². The van der Waals surface area contributed by atoms with Gasteiger partial charge in [0.05, 0.1) is 5.41 Å². The van der Waals surface area contributed by atoms with E-state index in [0.29, 0.717) is 0 Å². The number of fused-ring (bicyclic) bond motifs is 5. The Hall–Kier alpha value is -2.42. The number of amides is 2. The number of benzene rings is 2. The van der Waals surface area contributed by atoms with Crippen molar-refractivity contribution in [3.63, 3.8) is 0 Å². The van der Waals surface area contributed by atoms with Gasteiger partial charge in [0.15, 0.2) is 0 Å². The Kier molecular flexibility index (Phi) is 2.32. The summed E-state index contributed by atoms with van der Waals surface area (Å²) in [5.74, 6) is -0.303. The van der Waals surface area contributed by atoms with Gasteiger partial charge in [-0.2, -0.15) is 0 Å². The number of carbonyl (C=O) groups is 2. The highest BCUT2D eigenvalue weighted by Gasteiger charge is 2.71. The number of imide groups is 1. The number of β-lactam (4-membered cyclic amide) rings is 1. The van der Waals surface area contributed by atoms with Crippen LogP contribution < -0.4 is 0 Å². The predicted molar refractivity (Wildman–Crippen MR) is 84.0 cm³/mol. The molecule has 0 radical (unpaired) electrons. The highest BCUT2D eigenvalue weighted by molar-refractivity contribution is 6.08. The fourth-order valence-corrected chi connectivity index (χ4v) is 4.32. The minimum atomic E-state index is -0.677. The van der Waals surface area contributed by atoms with E-state index in [1.807, 2.05) is 50.2 Å². The first kappa shape index (κ1) is 13.3. The molecule has 1 aliphatic carbocycles. The molecule has 2 aromatic rings. The predicted octanol–water partition coefficient (Wildman–Crippen LogP) is 3.33. The Balaban J connectivity index is 2.14.